The van der Waals surface area contributed by atoms with Crippen molar-refractivity contribution < 1.29 is 26.3 Å². The van der Waals surface area contributed by atoms with E-state index >= 15 is 8.78 Å². The minimum atomic E-state index is -4.54. The summed E-state index contributed by atoms with van der Waals surface area (Å²) < 4.78 is 79.9. The van der Waals surface area contributed by atoms with E-state index in [0.717, 1.165) is 56.0 Å². The fourth-order valence-corrected chi connectivity index (χ4v) is 7.10. The lowest BCUT2D eigenvalue weighted by Crippen LogP contribution is -2.35. The summed E-state index contributed by atoms with van der Waals surface area (Å²) in [6.07, 6.45) is 5.41. The molecular weight excluding hydrogens is 629 g/mol. The van der Waals surface area contributed by atoms with Crippen LogP contribution < -0.4 is 15.8 Å². The van der Waals surface area contributed by atoms with Crippen molar-refractivity contribution in [3.8, 4) is 11.3 Å². The number of sulfonamides is 1. The number of aromatic nitrogens is 3. The van der Waals surface area contributed by atoms with Gasteiger partial charge in [0.15, 0.2) is 0 Å². The number of benzene rings is 2. The number of fused-ring (bicyclic) bond motifs is 1. The standard InChI is InChI=1S/C31H36ClF3N6O3S/c1-18(2)41-30-22(19-7-9-20(10-8-19)37-12-14-44-13-11-32)17-38-31(36)28(30)29(39-41)21-15-25(35)26(16-24(21)34)40-45(42,43)27-6-4-3-5-23(27)33/h3-6,15-20,37,40H,7-14H2,1-2H3,(H2,36,38). The highest BCUT2D eigenvalue weighted by Crippen LogP contribution is 2.42. The number of anilines is 2. The van der Waals surface area contributed by atoms with Gasteiger partial charge in [0.25, 0.3) is 10.0 Å². The summed E-state index contributed by atoms with van der Waals surface area (Å²) in [6.45, 7) is 5.73. The van der Waals surface area contributed by atoms with Gasteiger partial charge in [-0.05, 0) is 69.2 Å². The van der Waals surface area contributed by atoms with Crippen LogP contribution in [0.25, 0.3) is 22.2 Å². The van der Waals surface area contributed by atoms with Gasteiger partial charge in [0.2, 0.25) is 0 Å². The van der Waals surface area contributed by atoms with Crippen molar-refractivity contribution in [2.75, 3.05) is 36.1 Å². The molecule has 4 N–H and O–H groups in total. The SMILES string of the molecule is CC(C)n1nc(-c2cc(F)c(NS(=O)(=O)c3ccccc3F)cc2F)c2c(N)ncc(C3CCC(NCCOCCCl)CC3)c21. The molecule has 5 rings (SSSR count). The van der Waals surface area contributed by atoms with E-state index < -0.39 is 38.1 Å². The second-order valence-corrected chi connectivity index (χ2v) is 13.4. The Morgan fingerprint density at radius 1 is 1.07 bits per heavy atom. The molecule has 0 spiro atoms. The van der Waals surface area contributed by atoms with Gasteiger partial charge in [0.05, 0.1) is 29.8 Å². The predicted octanol–water partition coefficient (Wildman–Crippen LogP) is 6.35. The van der Waals surface area contributed by atoms with Crippen LogP contribution in [0.5, 0.6) is 0 Å². The normalized spacial score (nSPS) is 17.3. The largest absolute Gasteiger partial charge is 0.383 e. The Kier molecular flexibility index (Phi) is 10.2. The summed E-state index contributed by atoms with van der Waals surface area (Å²) in [5.74, 6) is -2.29. The Morgan fingerprint density at radius 2 is 1.80 bits per heavy atom. The van der Waals surface area contributed by atoms with Gasteiger partial charge in [-0.25, -0.2) is 26.6 Å². The van der Waals surface area contributed by atoms with Crippen LogP contribution in [0, 0.1) is 17.5 Å². The Bertz CT molecular complexity index is 1780. The number of rotatable bonds is 12. The van der Waals surface area contributed by atoms with E-state index in [1.165, 1.54) is 12.1 Å². The summed E-state index contributed by atoms with van der Waals surface area (Å²) in [4.78, 5) is 3.74. The van der Waals surface area contributed by atoms with E-state index in [-0.39, 0.29) is 29.0 Å². The minimum Gasteiger partial charge on any atom is -0.383 e. The third kappa shape index (κ3) is 7.06. The van der Waals surface area contributed by atoms with Crippen LogP contribution in [0.3, 0.4) is 0 Å². The number of nitrogens with zero attached hydrogens (tertiary/aromatic N) is 3. The van der Waals surface area contributed by atoms with Crippen molar-refractivity contribution in [1.82, 2.24) is 20.1 Å². The first kappa shape index (κ1) is 33.0. The number of hydrogen-bond acceptors (Lipinski definition) is 7. The zero-order valence-electron chi connectivity index (χ0n) is 25.0. The Morgan fingerprint density at radius 3 is 2.49 bits per heavy atom. The van der Waals surface area contributed by atoms with Crippen molar-refractivity contribution in [3.05, 3.63) is 65.6 Å². The smallest absolute Gasteiger partial charge is 0.264 e. The first-order chi connectivity index (χ1) is 21.5. The highest BCUT2D eigenvalue weighted by Gasteiger charge is 2.29. The van der Waals surface area contributed by atoms with Crippen LogP contribution in [-0.4, -0.2) is 54.9 Å². The maximum atomic E-state index is 15.7. The van der Waals surface area contributed by atoms with E-state index in [1.807, 2.05) is 18.6 Å². The lowest BCUT2D eigenvalue weighted by Gasteiger charge is -2.30. The van der Waals surface area contributed by atoms with Gasteiger partial charge in [-0.15, -0.1) is 11.6 Å². The molecule has 14 heteroatoms. The topological polar surface area (TPSA) is 124 Å². The second-order valence-electron chi connectivity index (χ2n) is 11.4. The maximum Gasteiger partial charge on any atom is 0.264 e. The molecule has 2 aromatic carbocycles. The molecule has 0 amide bonds. The summed E-state index contributed by atoms with van der Waals surface area (Å²) in [5.41, 5.74) is 7.22. The molecule has 1 aliphatic rings. The third-order valence-corrected chi connectivity index (χ3v) is 9.58. The van der Waals surface area contributed by atoms with Crippen molar-refractivity contribution in [2.24, 2.45) is 0 Å². The molecule has 0 atom stereocenters. The van der Waals surface area contributed by atoms with E-state index in [9.17, 15) is 12.8 Å². The Hall–Kier alpha value is -3.39. The zero-order valence-corrected chi connectivity index (χ0v) is 26.6. The summed E-state index contributed by atoms with van der Waals surface area (Å²) in [5, 5.41) is 8.62. The second kappa shape index (κ2) is 13.9. The fraction of sp³-hybridized carbons (Fsp3) is 0.419. The Balaban J connectivity index is 1.46. The molecule has 9 nitrogen and oxygen atoms in total. The number of ether oxygens (including phenoxy) is 1. The lowest BCUT2D eigenvalue weighted by molar-refractivity contribution is 0.146. The van der Waals surface area contributed by atoms with Gasteiger partial charge in [-0.2, -0.15) is 5.10 Å². The van der Waals surface area contributed by atoms with E-state index in [0.29, 0.717) is 42.1 Å². The lowest BCUT2D eigenvalue weighted by atomic mass is 9.81. The van der Waals surface area contributed by atoms with Crippen molar-refractivity contribution in [2.45, 2.75) is 62.4 Å². The monoisotopic (exact) mass is 664 g/mol. The van der Waals surface area contributed by atoms with Gasteiger partial charge in [-0.3, -0.25) is 9.40 Å². The van der Waals surface area contributed by atoms with Gasteiger partial charge >= 0.3 is 0 Å². The maximum absolute atomic E-state index is 15.7. The number of pyridine rings is 1. The molecule has 1 fully saturated rings. The molecule has 2 aromatic heterocycles. The summed E-state index contributed by atoms with van der Waals surface area (Å²) in [6, 6.07) is 6.42. The zero-order chi connectivity index (χ0) is 32.3. The average molecular weight is 665 g/mol. The molecule has 4 aromatic rings. The van der Waals surface area contributed by atoms with Crippen molar-refractivity contribution >= 4 is 44.0 Å². The van der Waals surface area contributed by atoms with Crippen LogP contribution in [0.1, 0.15) is 57.1 Å². The van der Waals surface area contributed by atoms with Crippen LogP contribution in [0.15, 0.2) is 47.5 Å². The molecule has 0 saturated heterocycles. The van der Waals surface area contributed by atoms with Crippen LogP contribution in [-0.2, 0) is 14.8 Å². The van der Waals surface area contributed by atoms with Gasteiger partial charge in [-0.1, -0.05) is 12.1 Å². The highest BCUT2D eigenvalue weighted by atomic mass is 35.5. The summed E-state index contributed by atoms with van der Waals surface area (Å²) >= 11 is 5.65. The number of hydrogen-bond donors (Lipinski definition) is 3. The van der Waals surface area contributed by atoms with Crippen molar-refractivity contribution in [3.63, 3.8) is 0 Å². The molecule has 1 aliphatic carbocycles. The first-order valence-electron chi connectivity index (χ1n) is 14.8. The van der Waals surface area contributed by atoms with Crippen LogP contribution >= 0.6 is 11.6 Å². The Labute approximate surface area is 265 Å². The molecular formula is C31H36ClF3N6O3S. The molecule has 0 bridgehead atoms. The molecule has 0 aliphatic heterocycles. The average Bonchev–Trinajstić information content (AvgIpc) is 3.41. The molecule has 1 saturated carbocycles. The first-order valence-corrected chi connectivity index (χ1v) is 16.8. The molecule has 45 heavy (non-hydrogen) atoms. The van der Waals surface area contributed by atoms with Crippen LogP contribution in [0.4, 0.5) is 24.7 Å². The molecule has 2 heterocycles. The van der Waals surface area contributed by atoms with Gasteiger partial charge in [0, 0.05) is 42.3 Å². The van der Waals surface area contributed by atoms with Crippen molar-refractivity contribution in [1.29, 1.82) is 0 Å². The molecule has 0 unspecified atom stereocenters. The third-order valence-electron chi connectivity index (χ3n) is 8.02. The highest BCUT2D eigenvalue weighted by molar-refractivity contribution is 7.92. The van der Waals surface area contributed by atoms with Gasteiger partial charge < -0.3 is 15.8 Å². The van der Waals surface area contributed by atoms with E-state index in [2.05, 4.69) is 15.4 Å². The van der Waals surface area contributed by atoms with Gasteiger partial charge in [0.1, 0.15) is 33.9 Å². The fourth-order valence-electron chi connectivity index (χ4n) is 5.85. The number of nitrogen functional groups attached to an aromatic ring is 1. The van der Waals surface area contributed by atoms with E-state index in [1.54, 1.807) is 10.9 Å². The number of nitrogens with one attached hydrogen (secondary N) is 2. The minimum absolute atomic E-state index is 0.0951. The van der Waals surface area contributed by atoms with Crippen LogP contribution in [0.2, 0.25) is 0 Å². The number of alkyl halides is 1. The quantitative estimate of drug-likeness (QED) is 0.119. The number of nitrogens with two attached hydrogens (primary N) is 1. The molecule has 0 radical (unpaired) electrons. The number of halogens is 4. The summed E-state index contributed by atoms with van der Waals surface area (Å²) in [7, 11) is -4.54. The predicted molar refractivity (Wildman–Crippen MR) is 169 cm³/mol. The van der Waals surface area contributed by atoms with E-state index in [4.69, 9.17) is 22.1 Å². The molecule has 242 valence electrons.